The molecule has 0 bridgehead atoms. The highest BCUT2D eigenvalue weighted by atomic mass is 19.1. The zero-order chi connectivity index (χ0) is 14.5. The fourth-order valence-electron chi connectivity index (χ4n) is 2.03. The Hall–Kier alpha value is -2.07. The van der Waals surface area contributed by atoms with Crippen molar-refractivity contribution in [2.75, 3.05) is 7.11 Å². The van der Waals surface area contributed by atoms with Gasteiger partial charge in [-0.3, -0.25) is 0 Å². The van der Waals surface area contributed by atoms with E-state index in [1.165, 1.54) is 6.07 Å². The smallest absolute Gasteiger partial charge is 0.131 e. The van der Waals surface area contributed by atoms with Crippen LogP contribution < -0.4 is 10.1 Å². The molecule has 2 aromatic carbocycles. The first kappa shape index (κ1) is 14.3. The fraction of sp³-hybridized carbons (Fsp3) is 0.250. The second kappa shape index (κ2) is 6.39. The molecule has 2 N–H and O–H groups in total. The predicted octanol–water partition coefficient (Wildman–Crippen LogP) is 3.39. The first-order valence-electron chi connectivity index (χ1n) is 6.45. The van der Waals surface area contributed by atoms with Crippen LogP contribution in [0.25, 0.3) is 0 Å². The van der Waals surface area contributed by atoms with Gasteiger partial charge in [-0.25, -0.2) is 4.39 Å². The lowest BCUT2D eigenvalue weighted by molar-refractivity contribution is 0.413. The zero-order valence-electron chi connectivity index (χ0n) is 11.6. The van der Waals surface area contributed by atoms with Crippen molar-refractivity contribution < 1.29 is 14.2 Å². The van der Waals surface area contributed by atoms with Gasteiger partial charge in [0.15, 0.2) is 0 Å². The second-order valence-electron chi connectivity index (χ2n) is 4.66. The fourth-order valence-corrected chi connectivity index (χ4v) is 2.03. The molecule has 0 aliphatic rings. The summed E-state index contributed by atoms with van der Waals surface area (Å²) in [7, 11) is 1.63. The molecule has 0 saturated carbocycles. The Morgan fingerprint density at radius 1 is 1.25 bits per heavy atom. The van der Waals surface area contributed by atoms with Crippen molar-refractivity contribution in [3.8, 4) is 11.5 Å². The molecule has 4 heteroatoms. The standard InChI is InChI=1S/C16H18FNO2/c1-11(15-7-6-13(19)9-16(15)17)18-10-12-4-3-5-14(8-12)20-2/h3-9,11,18-19H,10H2,1-2H3. The highest BCUT2D eigenvalue weighted by Crippen LogP contribution is 2.21. The summed E-state index contributed by atoms with van der Waals surface area (Å²) in [6.45, 7) is 2.49. The normalized spacial score (nSPS) is 12.2. The lowest BCUT2D eigenvalue weighted by Gasteiger charge is -2.15. The van der Waals surface area contributed by atoms with Crippen LogP contribution in [0.1, 0.15) is 24.1 Å². The highest BCUT2D eigenvalue weighted by Gasteiger charge is 2.11. The third kappa shape index (κ3) is 3.48. The first-order chi connectivity index (χ1) is 9.60. The number of benzene rings is 2. The largest absolute Gasteiger partial charge is 0.508 e. The van der Waals surface area contributed by atoms with Gasteiger partial charge >= 0.3 is 0 Å². The monoisotopic (exact) mass is 275 g/mol. The van der Waals surface area contributed by atoms with E-state index in [1.807, 2.05) is 31.2 Å². The van der Waals surface area contributed by atoms with Crippen LogP contribution in [0.3, 0.4) is 0 Å². The average molecular weight is 275 g/mol. The van der Waals surface area contributed by atoms with E-state index in [2.05, 4.69) is 5.32 Å². The van der Waals surface area contributed by atoms with E-state index in [9.17, 15) is 9.50 Å². The Balaban J connectivity index is 2.02. The summed E-state index contributed by atoms with van der Waals surface area (Å²) in [6, 6.07) is 11.8. The van der Waals surface area contributed by atoms with E-state index < -0.39 is 5.82 Å². The Morgan fingerprint density at radius 2 is 2.05 bits per heavy atom. The van der Waals surface area contributed by atoms with Crippen molar-refractivity contribution in [3.63, 3.8) is 0 Å². The average Bonchev–Trinajstić information content (AvgIpc) is 2.45. The Kier molecular flexibility index (Phi) is 4.58. The van der Waals surface area contributed by atoms with E-state index >= 15 is 0 Å². The predicted molar refractivity (Wildman–Crippen MR) is 76.3 cm³/mol. The van der Waals surface area contributed by atoms with E-state index in [1.54, 1.807) is 13.2 Å². The molecule has 0 heterocycles. The van der Waals surface area contributed by atoms with E-state index in [4.69, 9.17) is 4.74 Å². The van der Waals surface area contributed by atoms with Crippen LogP contribution in [0, 0.1) is 5.82 Å². The Bertz CT molecular complexity index is 586. The number of methoxy groups -OCH3 is 1. The molecule has 1 atom stereocenters. The minimum Gasteiger partial charge on any atom is -0.508 e. The molecule has 2 aromatic rings. The molecule has 2 rings (SSSR count). The molecule has 20 heavy (non-hydrogen) atoms. The van der Waals surface area contributed by atoms with Gasteiger partial charge in [-0.1, -0.05) is 18.2 Å². The maximum atomic E-state index is 13.7. The highest BCUT2D eigenvalue weighted by molar-refractivity contribution is 5.30. The summed E-state index contributed by atoms with van der Waals surface area (Å²) < 4.78 is 18.9. The molecule has 0 fully saturated rings. The molecule has 0 aromatic heterocycles. The second-order valence-corrected chi connectivity index (χ2v) is 4.66. The van der Waals surface area contributed by atoms with Gasteiger partial charge in [-0.05, 0) is 30.7 Å². The van der Waals surface area contributed by atoms with Gasteiger partial charge in [0.1, 0.15) is 17.3 Å². The van der Waals surface area contributed by atoms with E-state index in [0.29, 0.717) is 12.1 Å². The van der Waals surface area contributed by atoms with Gasteiger partial charge in [-0.2, -0.15) is 0 Å². The van der Waals surface area contributed by atoms with Crippen LogP contribution >= 0.6 is 0 Å². The van der Waals surface area contributed by atoms with Crippen molar-refractivity contribution in [1.82, 2.24) is 5.32 Å². The van der Waals surface area contributed by atoms with Gasteiger partial charge in [0.2, 0.25) is 0 Å². The van der Waals surface area contributed by atoms with Gasteiger partial charge in [0.05, 0.1) is 7.11 Å². The summed E-state index contributed by atoms with van der Waals surface area (Å²) in [6.07, 6.45) is 0. The van der Waals surface area contributed by atoms with Crippen molar-refractivity contribution >= 4 is 0 Å². The Labute approximate surface area is 118 Å². The van der Waals surface area contributed by atoms with Crippen molar-refractivity contribution in [1.29, 1.82) is 0 Å². The van der Waals surface area contributed by atoms with Crippen LogP contribution in [0.5, 0.6) is 11.5 Å². The number of phenols is 1. The minimum absolute atomic E-state index is 0.0637. The number of phenolic OH excluding ortho intramolecular Hbond substituents is 1. The number of nitrogens with one attached hydrogen (secondary N) is 1. The van der Waals surface area contributed by atoms with Crippen molar-refractivity contribution in [2.24, 2.45) is 0 Å². The molecule has 0 amide bonds. The number of halogens is 1. The lowest BCUT2D eigenvalue weighted by Crippen LogP contribution is -2.19. The topological polar surface area (TPSA) is 41.5 Å². The SMILES string of the molecule is COc1cccc(CNC(C)c2ccc(O)cc2F)c1. The van der Waals surface area contributed by atoms with Crippen LogP contribution in [0.2, 0.25) is 0 Å². The van der Waals surface area contributed by atoms with E-state index in [-0.39, 0.29) is 11.8 Å². The van der Waals surface area contributed by atoms with Crippen LogP contribution in [0.15, 0.2) is 42.5 Å². The molecular weight excluding hydrogens is 257 g/mol. The summed E-state index contributed by atoms with van der Waals surface area (Å²) in [5.74, 6) is 0.328. The summed E-state index contributed by atoms with van der Waals surface area (Å²) in [4.78, 5) is 0. The molecular formula is C16H18FNO2. The number of aromatic hydroxyl groups is 1. The summed E-state index contributed by atoms with van der Waals surface area (Å²) >= 11 is 0. The summed E-state index contributed by atoms with van der Waals surface area (Å²) in [5, 5.41) is 12.5. The third-order valence-electron chi connectivity index (χ3n) is 3.20. The zero-order valence-corrected chi connectivity index (χ0v) is 11.6. The number of ether oxygens (including phenoxy) is 1. The maximum absolute atomic E-state index is 13.7. The molecule has 0 aliphatic carbocycles. The van der Waals surface area contributed by atoms with Crippen molar-refractivity contribution in [3.05, 3.63) is 59.4 Å². The Morgan fingerprint density at radius 3 is 2.75 bits per heavy atom. The number of rotatable bonds is 5. The van der Waals surface area contributed by atoms with Crippen LogP contribution in [-0.4, -0.2) is 12.2 Å². The molecule has 0 aliphatic heterocycles. The quantitative estimate of drug-likeness (QED) is 0.879. The molecule has 106 valence electrons. The minimum atomic E-state index is -0.407. The number of hydrogen-bond donors (Lipinski definition) is 2. The summed E-state index contributed by atoms with van der Waals surface area (Å²) in [5.41, 5.74) is 1.60. The molecule has 3 nitrogen and oxygen atoms in total. The van der Waals surface area contributed by atoms with E-state index in [0.717, 1.165) is 17.4 Å². The molecule has 1 unspecified atom stereocenters. The van der Waals surface area contributed by atoms with Gasteiger partial charge in [-0.15, -0.1) is 0 Å². The third-order valence-corrected chi connectivity index (χ3v) is 3.20. The van der Waals surface area contributed by atoms with Crippen LogP contribution in [0.4, 0.5) is 4.39 Å². The molecule has 0 saturated heterocycles. The van der Waals surface area contributed by atoms with Crippen LogP contribution in [-0.2, 0) is 6.54 Å². The first-order valence-corrected chi connectivity index (χ1v) is 6.45. The molecule has 0 spiro atoms. The maximum Gasteiger partial charge on any atom is 0.131 e. The van der Waals surface area contributed by atoms with Gasteiger partial charge < -0.3 is 15.2 Å². The van der Waals surface area contributed by atoms with Gasteiger partial charge in [0.25, 0.3) is 0 Å². The molecule has 0 radical (unpaired) electrons. The van der Waals surface area contributed by atoms with Gasteiger partial charge in [0, 0.05) is 24.2 Å². The lowest BCUT2D eigenvalue weighted by atomic mass is 10.1. The number of hydrogen-bond acceptors (Lipinski definition) is 3. The van der Waals surface area contributed by atoms with Crippen molar-refractivity contribution in [2.45, 2.75) is 19.5 Å².